The molecule has 4 atom stereocenters. The van der Waals surface area contributed by atoms with E-state index in [9.17, 15) is 27.7 Å². The van der Waals surface area contributed by atoms with Gasteiger partial charge in [0.2, 0.25) is 23.7 Å². The number of halogens is 2. The van der Waals surface area contributed by atoms with Crippen LogP contribution >= 0.6 is 18.9 Å². The van der Waals surface area contributed by atoms with E-state index in [1.165, 1.54) is 28.9 Å². The van der Waals surface area contributed by atoms with Crippen molar-refractivity contribution < 1.29 is 37.5 Å². The molecule has 15 heteroatoms. The average molecular weight is 622 g/mol. The van der Waals surface area contributed by atoms with Crippen LogP contribution in [0.3, 0.4) is 0 Å². The molecule has 224 valence electrons. The number of benzene rings is 1. The predicted octanol–water partition coefficient (Wildman–Crippen LogP) is 3.19. The fourth-order valence-corrected chi connectivity index (χ4v) is 7.80. The van der Waals surface area contributed by atoms with Gasteiger partial charge in [0, 0.05) is 48.6 Å². The van der Waals surface area contributed by atoms with Crippen LogP contribution in [0.4, 0.5) is 8.78 Å². The molecule has 3 aliphatic heterocycles. The average Bonchev–Trinajstić information content (AvgIpc) is 3.59. The molecule has 3 aromatic rings. The molecule has 42 heavy (non-hydrogen) atoms. The zero-order valence-corrected chi connectivity index (χ0v) is 24.4. The van der Waals surface area contributed by atoms with Crippen molar-refractivity contribution in [1.82, 2.24) is 24.9 Å². The lowest BCUT2D eigenvalue weighted by Gasteiger charge is -2.42. The third kappa shape index (κ3) is 5.25. The van der Waals surface area contributed by atoms with Crippen LogP contribution in [0.25, 0.3) is 10.1 Å². The van der Waals surface area contributed by atoms with Gasteiger partial charge in [-0.3, -0.25) is 23.6 Å². The van der Waals surface area contributed by atoms with Crippen LogP contribution in [0.1, 0.15) is 64.7 Å². The second-order valence-electron chi connectivity index (χ2n) is 11.3. The number of aryl methyl sites for hydroxylation is 1. The van der Waals surface area contributed by atoms with Crippen LogP contribution in [-0.4, -0.2) is 78.3 Å². The van der Waals surface area contributed by atoms with Crippen LogP contribution in [-0.2, 0) is 21.2 Å². The highest BCUT2D eigenvalue weighted by atomic mass is 32.1. The molecule has 1 aromatic carbocycles. The van der Waals surface area contributed by atoms with Gasteiger partial charge >= 0.3 is 7.60 Å². The maximum atomic E-state index is 14.2. The number of hydrogen-bond donors (Lipinski definition) is 3. The molecule has 6 rings (SSSR count). The van der Waals surface area contributed by atoms with Crippen LogP contribution in [0.2, 0.25) is 0 Å². The third-order valence-electron chi connectivity index (χ3n) is 8.45. The Bertz CT molecular complexity index is 1620. The number of rotatable bonds is 6. The molecule has 3 aliphatic rings. The zero-order valence-electron chi connectivity index (χ0n) is 22.7. The van der Waals surface area contributed by atoms with Crippen molar-refractivity contribution in [2.45, 2.75) is 62.1 Å². The summed E-state index contributed by atoms with van der Waals surface area (Å²) < 4.78 is 41.6. The molecule has 3 amide bonds. The summed E-state index contributed by atoms with van der Waals surface area (Å²) in [5.74, 6) is -4.11. The molecule has 0 spiro atoms. The van der Waals surface area contributed by atoms with Crippen molar-refractivity contribution in [2.24, 2.45) is 7.05 Å². The van der Waals surface area contributed by atoms with Gasteiger partial charge < -0.3 is 24.9 Å². The van der Waals surface area contributed by atoms with Gasteiger partial charge in [0.05, 0.1) is 4.88 Å². The number of alkyl halides is 1. The number of nitrogens with zero attached hydrogens (tertiary/aromatic N) is 4. The second kappa shape index (κ2) is 10.8. The molecular formula is C27H30F2N5O6PS. The summed E-state index contributed by atoms with van der Waals surface area (Å²) >= 11 is 1.12. The van der Waals surface area contributed by atoms with E-state index in [-0.39, 0.29) is 34.2 Å². The topological polar surface area (TPSA) is 145 Å². The number of carbonyl (C=O) groups excluding carboxylic acids is 3. The van der Waals surface area contributed by atoms with Gasteiger partial charge in [-0.15, -0.1) is 16.4 Å². The summed E-state index contributed by atoms with van der Waals surface area (Å²) in [6.07, 6.45) is 4.68. The highest BCUT2D eigenvalue weighted by molar-refractivity contribution is 7.51. The van der Waals surface area contributed by atoms with Gasteiger partial charge in [-0.2, -0.15) is 4.39 Å². The first-order valence-electron chi connectivity index (χ1n) is 13.7. The molecule has 3 N–H and O–H groups in total. The van der Waals surface area contributed by atoms with Gasteiger partial charge in [-0.05, 0) is 61.3 Å². The van der Waals surface area contributed by atoms with Crippen molar-refractivity contribution in [2.75, 3.05) is 13.1 Å². The van der Waals surface area contributed by atoms with E-state index in [1.54, 1.807) is 23.0 Å². The summed E-state index contributed by atoms with van der Waals surface area (Å²) in [6, 6.07) is 4.03. The summed E-state index contributed by atoms with van der Waals surface area (Å²) in [5, 5.41) is 7.01. The Morgan fingerprint density at radius 1 is 1.17 bits per heavy atom. The van der Waals surface area contributed by atoms with E-state index >= 15 is 0 Å². The number of aromatic nitrogens is 2. The van der Waals surface area contributed by atoms with Crippen LogP contribution in [0.15, 0.2) is 30.5 Å². The van der Waals surface area contributed by atoms with Gasteiger partial charge in [-0.25, -0.2) is 4.39 Å². The molecule has 5 heterocycles. The molecule has 0 radical (unpaired) electrons. The fourth-order valence-electron chi connectivity index (χ4n) is 6.30. The van der Waals surface area contributed by atoms with Gasteiger partial charge in [0.15, 0.2) is 0 Å². The van der Waals surface area contributed by atoms with E-state index in [4.69, 9.17) is 9.79 Å². The molecule has 11 nitrogen and oxygen atoms in total. The van der Waals surface area contributed by atoms with Crippen molar-refractivity contribution in [3.8, 4) is 0 Å². The Hall–Kier alpha value is -3.19. The van der Waals surface area contributed by atoms with E-state index in [0.29, 0.717) is 54.4 Å². The Labute approximate surface area is 243 Å². The zero-order chi connectivity index (χ0) is 29.9. The minimum atomic E-state index is -4.98. The van der Waals surface area contributed by atoms with Crippen molar-refractivity contribution in [1.29, 1.82) is 0 Å². The number of amides is 3. The van der Waals surface area contributed by atoms with Crippen molar-refractivity contribution in [3.05, 3.63) is 52.4 Å². The van der Waals surface area contributed by atoms with Gasteiger partial charge in [0.25, 0.3) is 5.91 Å². The smallest absolute Gasteiger partial charge is 0.340 e. The standard InChI is InChI=1S/C27H30F2N5O6PS/c1-32-13-18(23(28)31-32)16-11-33(12-16)27(37)20-7-6-17-3-2-4-19(26(36)34(17)20)30-25(35)22-10-15-9-14(5-8-21(15)42-22)24(29)41(38,39)40/h5,8-10,13,16-17,19-20,24H,2-4,6-7,11-12H2,1H3,(H,30,35)(H2,38,39,40)/t17-,19-,20-,24?/m0/s1. The Kier molecular flexibility index (Phi) is 7.45. The minimum absolute atomic E-state index is 0.0911. The summed E-state index contributed by atoms with van der Waals surface area (Å²) in [6.45, 7) is 0.714. The van der Waals surface area contributed by atoms with Gasteiger partial charge in [-0.1, -0.05) is 6.07 Å². The molecular weight excluding hydrogens is 591 g/mol. The number of carbonyl (C=O) groups is 3. The van der Waals surface area contributed by atoms with Crippen LogP contribution in [0.5, 0.6) is 0 Å². The highest BCUT2D eigenvalue weighted by Gasteiger charge is 2.48. The first-order valence-corrected chi connectivity index (χ1v) is 16.2. The molecule has 1 unspecified atom stereocenters. The summed E-state index contributed by atoms with van der Waals surface area (Å²) in [7, 11) is -3.34. The van der Waals surface area contributed by atoms with Gasteiger partial charge in [0.1, 0.15) is 12.1 Å². The van der Waals surface area contributed by atoms with E-state index in [0.717, 1.165) is 17.8 Å². The van der Waals surface area contributed by atoms with E-state index in [1.807, 2.05) is 0 Å². The Morgan fingerprint density at radius 2 is 1.93 bits per heavy atom. The second-order valence-corrected chi connectivity index (χ2v) is 14.0. The lowest BCUT2D eigenvalue weighted by Crippen LogP contribution is -2.58. The van der Waals surface area contributed by atoms with Crippen LogP contribution in [0, 0.1) is 5.95 Å². The molecule has 0 aliphatic carbocycles. The number of fused-ring (bicyclic) bond motifs is 2. The first kappa shape index (κ1) is 28.9. The molecule has 3 saturated heterocycles. The monoisotopic (exact) mass is 621 g/mol. The van der Waals surface area contributed by atoms with E-state index in [2.05, 4.69) is 10.4 Å². The number of hydrogen-bond acceptors (Lipinski definition) is 6. The lowest BCUT2D eigenvalue weighted by atomic mass is 9.92. The van der Waals surface area contributed by atoms with E-state index < -0.39 is 37.4 Å². The number of nitrogens with one attached hydrogen (secondary N) is 1. The SMILES string of the molecule is Cn1cc(C2CN(C(=O)[C@@H]3CC[C@@H]4CCC[C@H](NC(=O)c5cc6cc(C(F)P(=O)(O)O)ccc6s5)C(=O)N43)C2)c(F)n1. The normalized spacial score (nSPS) is 23.9. The predicted molar refractivity (Wildman–Crippen MR) is 149 cm³/mol. The Morgan fingerprint density at radius 3 is 2.62 bits per heavy atom. The molecule has 2 aromatic heterocycles. The third-order valence-corrected chi connectivity index (χ3v) is 10.5. The summed E-state index contributed by atoms with van der Waals surface area (Å²) in [5.41, 5.74) is 0.289. The Balaban J connectivity index is 1.14. The molecule has 0 saturated carbocycles. The number of likely N-dealkylation sites (tertiary alicyclic amines) is 1. The lowest BCUT2D eigenvalue weighted by molar-refractivity contribution is -0.148. The maximum absolute atomic E-state index is 14.2. The van der Waals surface area contributed by atoms with Crippen LogP contribution < -0.4 is 5.32 Å². The maximum Gasteiger partial charge on any atom is 0.363 e. The highest BCUT2D eigenvalue weighted by Crippen LogP contribution is 2.53. The minimum Gasteiger partial charge on any atom is -0.340 e. The molecule has 3 fully saturated rings. The molecule has 0 bridgehead atoms. The quantitative estimate of drug-likeness (QED) is 0.359. The first-order chi connectivity index (χ1) is 19.9. The largest absolute Gasteiger partial charge is 0.363 e. The van der Waals surface area contributed by atoms with Crippen molar-refractivity contribution >= 4 is 46.7 Å². The summed E-state index contributed by atoms with van der Waals surface area (Å²) in [4.78, 5) is 62.3. The van der Waals surface area contributed by atoms with Crippen molar-refractivity contribution in [3.63, 3.8) is 0 Å². The fraction of sp³-hybridized carbons (Fsp3) is 0.481. The number of thiophene rings is 1.